The Morgan fingerprint density at radius 3 is 2.91 bits per heavy atom. The van der Waals surface area contributed by atoms with Crippen molar-refractivity contribution in [3.8, 4) is 0 Å². The van der Waals surface area contributed by atoms with Crippen LogP contribution in [0.1, 0.15) is 61.2 Å². The molecule has 1 atom stereocenters. The van der Waals surface area contributed by atoms with Gasteiger partial charge in [0.25, 0.3) is 5.91 Å². The third-order valence-corrected chi connectivity index (χ3v) is 3.76. The van der Waals surface area contributed by atoms with Crippen LogP contribution in [0.15, 0.2) is 10.6 Å². The molecule has 1 fully saturated rings. The molecule has 2 amide bonds. The number of aromatic nitrogens is 1. The van der Waals surface area contributed by atoms with Crippen LogP contribution in [0.4, 0.5) is 0 Å². The minimum atomic E-state index is -0.226. The van der Waals surface area contributed by atoms with Crippen molar-refractivity contribution in [1.82, 2.24) is 15.8 Å². The summed E-state index contributed by atoms with van der Waals surface area (Å²) in [4.78, 5) is 23.5. The molecule has 0 spiro atoms. The lowest BCUT2D eigenvalue weighted by Gasteiger charge is -2.16. The van der Waals surface area contributed by atoms with E-state index in [0.29, 0.717) is 37.5 Å². The molecule has 1 aromatic rings. The summed E-state index contributed by atoms with van der Waals surface area (Å²) in [7, 11) is 0. The van der Waals surface area contributed by atoms with Gasteiger partial charge in [0.05, 0.1) is 0 Å². The largest absolute Gasteiger partial charge is 0.360 e. The molecule has 0 radical (unpaired) electrons. The first kappa shape index (κ1) is 16.5. The highest BCUT2D eigenvalue weighted by Gasteiger charge is 2.29. The Balaban J connectivity index is 1.75. The first-order chi connectivity index (χ1) is 10.6. The molecule has 1 unspecified atom stereocenters. The van der Waals surface area contributed by atoms with E-state index in [4.69, 9.17) is 10.3 Å². The van der Waals surface area contributed by atoms with E-state index in [1.807, 2.05) is 6.92 Å². The molecular formula is C15H24N4O3. The van der Waals surface area contributed by atoms with Crippen LogP contribution in [0, 0.1) is 0 Å². The van der Waals surface area contributed by atoms with Gasteiger partial charge in [0.1, 0.15) is 5.76 Å². The average Bonchev–Trinajstić information content (AvgIpc) is 3.23. The molecule has 0 saturated heterocycles. The highest BCUT2D eigenvalue weighted by atomic mass is 16.5. The van der Waals surface area contributed by atoms with E-state index in [0.717, 1.165) is 25.0 Å². The fourth-order valence-electron chi connectivity index (χ4n) is 2.20. The monoisotopic (exact) mass is 308 g/mol. The van der Waals surface area contributed by atoms with E-state index < -0.39 is 0 Å². The fraction of sp³-hybridized carbons (Fsp3) is 0.667. The molecule has 0 bridgehead atoms. The summed E-state index contributed by atoms with van der Waals surface area (Å²) in [5.41, 5.74) is 5.64. The smallest absolute Gasteiger partial charge is 0.273 e. The maximum absolute atomic E-state index is 12.1. The summed E-state index contributed by atoms with van der Waals surface area (Å²) >= 11 is 0. The van der Waals surface area contributed by atoms with Crippen LogP contribution in [0.25, 0.3) is 0 Å². The number of nitrogens with one attached hydrogen (secondary N) is 2. The zero-order chi connectivity index (χ0) is 15.9. The first-order valence-electron chi connectivity index (χ1n) is 7.88. The lowest BCUT2D eigenvalue weighted by Crippen LogP contribution is -2.38. The molecule has 1 saturated carbocycles. The van der Waals surface area contributed by atoms with Crippen molar-refractivity contribution in [2.24, 2.45) is 5.73 Å². The second kappa shape index (κ2) is 7.93. The maximum Gasteiger partial charge on any atom is 0.273 e. The van der Waals surface area contributed by atoms with Gasteiger partial charge in [0, 0.05) is 37.5 Å². The van der Waals surface area contributed by atoms with Crippen molar-refractivity contribution < 1.29 is 14.1 Å². The minimum Gasteiger partial charge on any atom is -0.360 e. The topological polar surface area (TPSA) is 110 Å². The van der Waals surface area contributed by atoms with Crippen LogP contribution < -0.4 is 16.4 Å². The van der Waals surface area contributed by atoms with Gasteiger partial charge < -0.3 is 20.9 Å². The fourth-order valence-corrected chi connectivity index (χ4v) is 2.20. The summed E-state index contributed by atoms with van der Waals surface area (Å²) in [5, 5.41) is 9.54. The molecule has 2 rings (SSSR count). The van der Waals surface area contributed by atoms with E-state index in [9.17, 15) is 9.59 Å². The van der Waals surface area contributed by atoms with Gasteiger partial charge in [-0.15, -0.1) is 0 Å². The predicted molar refractivity (Wildman–Crippen MR) is 81.3 cm³/mol. The minimum absolute atomic E-state index is 0.00764. The Hall–Kier alpha value is -1.89. The van der Waals surface area contributed by atoms with Gasteiger partial charge in [0.2, 0.25) is 5.91 Å². The average molecular weight is 308 g/mol. The van der Waals surface area contributed by atoms with Gasteiger partial charge in [-0.05, 0) is 25.7 Å². The zero-order valence-electron chi connectivity index (χ0n) is 12.9. The first-order valence-corrected chi connectivity index (χ1v) is 7.88. The van der Waals surface area contributed by atoms with Crippen molar-refractivity contribution in [3.05, 3.63) is 17.5 Å². The Labute approximate surface area is 130 Å². The summed E-state index contributed by atoms with van der Waals surface area (Å²) in [5.74, 6) is 0.950. The summed E-state index contributed by atoms with van der Waals surface area (Å²) in [6.45, 7) is 2.85. The molecule has 0 aromatic carbocycles. The number of amides is 2. The van der Waals surface area contributed by atoms with Crippen molar-refractivity contribution in [1.29, 1.82) is 0 Å². The Morgan fingerprint density at radius 1 is 1.50 bits per heavy atom. The number of carbonyl (C=O) groups is 2. The maximum atomic E-state index is 12.1. The summed E-state index contributed by atoms with van der Waals surface area (Å²) in [6.07, 6.45) is 4.00. The lowest BCUT2D eigenvalue weighted by molar-refractivity contribution is -0.120. The molecule has 1 aliphatic rings. The van der Waals surface area contributed by atoms with Crippen LogP contribution >= 0.6 is 0 Å². The number of nitrogens with zero attached hydrogens (tertiary/aromatic N) is 1. The van der Waals surface area contributed by atoms with Crippen LogP contribution in [0.5, 0.6) is 0 Å². The highest BCUT2D eigenvalue weighted by molar-refractivity contribution is 5.92. The van der Waals surface area contributed by atoms with Crippen molar-refractivity contribution in [3.63, 3.8) is 0 Å². The van der Waals surface area contributed by atoms with Crippen molar-refractivity contribution >= 4 is 11.8 Å². The number of rotatable bonds is 9. The predicted octanol–water partition coefficient (Wildman–Crippen LogP) is 0.916. The molecule has 4 N–H and O–H groups in total. The van der Waals surface area contributed by atoms with Gasteiger partial charge in [0.15, 0.2) is 5.69 Å². The molecule has 1 aromatic heterocycles. The molecule has 22 heavy (non-hydrogen) atoms. The van der Waals surface area contributed by atoms with E-state index in [2.05, 4.69) is 15.8 Å². The number of carbonyl (C=O) groups excluding carboxylic acids is 2. The molecule has 7 nitrogen and oxygen atoms in total. The number of hydrogen-bond donors (Lipinski definition) is 3. The van der Waals surface area contributed by atoms with Gasteiger partial charge in [-0.3, -0.25) is 9.59 Å². The van der Waals surface area contributed by atoms with Gasteiger partial charge in [-0.25, -0.2) is 0 Å². The van der Waals surface area contributed by atoms with Gasteiger partial charge >= 0.3 is 0 Å². The van der Waals surface area contributed by atoms with Crippen LogP contribution in [-0.4, -0.2) is 36.1 Å². The molecule has 1 aliphatic carbocycles. The lowest BCUT2D eigenvalue weighted by atomic mass is 10.1. The molecular weight excluding hydrogens is 284 g/mol. The normalized spacial score (nSPS) is 15.4. The second-order valence-corrected chi connectivity index (χ2v) is 5.64. The van der Waals surface area contributed by atoms with Gasteiger partial charge in [-0.1, -0.05) is 12.1 Å². The molecule has 7 heteroatoms. The van der Waals surface area contributed by atoms with Crippen LogP contribution in [0.3, 0.4) is 0 Å². The number of hydrogen-bond acceptors (Lipinski definition) is 5. The van der Waals surface area contributed by atoms with E-state index in [1.165, 1.54) is 0 Å². The van der Waals surface area contributed by atoms with Gasteiger partial charge in [-0.2, -0.15) is 0 Å². The molecule has 1 heterocycles. The summed E-state index contributed by atoms with van der Waals surface area (Å²) in [6, 6.07) is 1.72. The third-order valence-electron chi connectivity index (χ3n) is 3.76. The number of nitrogens with two attached hydrogens (primary N) is 1. The third kappa shape index (κ3) is 4.84. The SMILES string of the molecule is CCC(CCNC(=O)CCN)NC(=O)c1cc(C2CC2)on1. The zero-order valence-corrected chi connectivity index (χ0v) is 12.9. The summed E-state index contributed by atoms with van der Waals surface area (Å²) < 4.78 is 5.18. The Morgan fingerprint density at radius 2 is 2.27 bits per heavy atom. The van der Waals surface area contributed by atoms with Crippen molar-refractivity contribution in [2.75, 3.05) is 13.1 Å². The Bertz CT molecular complexity index is 511. The Kier molecular flexibility index (Phi) is 5.94. The standard InChI is InChI=1S/C15H24N4O3/c1-2-11(6-8-17-14(20)5-7-16)18-15(21)12-9-13(22-19-12)10-3-4-10/h9-11H,2-8,16H2,1H3,(H,17,20)(H,18,21). The van der Waals surface area contributed by atoms with Crippen molar-refractivity contribution in [2.45, 2.75) is 51.0 Å². The quantitative estimate of drug-likeness (QED) is 0.628. The molecule has 122 valence electrons. The van der Waals surface area contributed by atoms with Crippen LogP contribution in [-0.2, 0) is 4.79 Å². The second-order valence-electron chi connectivity index (χ2n) is 5.64. The van der Waals surface area contributed by atoms with E-state index in [1.54, 1.807) is 6.07 Å². The molecule has 0 aliphatic heterocycles. The van der Waals surface area contributed by atoms with Crippen LogP contribution in [0.2, 0.25) is 0 Å². The highest BCUT2D eigenvalue weighted by Crippen LogP contribution is 2.40. The van der Waals surface area contributed by atoms with E-state index in [-0.39, 0.29) is 17.9 Å². The van der Waals surface area contributed by atoms with E-state index >= 15 is 0 Å².